The summed E-state index contributed by atoms with van der Waals surface area (Å²) in [7, 11) is -2.31. The summed E-state index contributed by atoms with van der Waals surface area (Å²) in [5.74, 6) is -1.83. The lowest BCUT2D eigenvalue weighted by Gasteiger charge is -2.31. The molecule has 3 fully saturated rings. The normalized spacial score (nSPS) is 25.1. The van der Waals surface area contributed by atoms with E-state index >= 15 is 0 Å². The fraction of sp³-hybridized carbons (Fsp3) is 0.561. The Morgan fingerprint density at radius 1 is 1.10 bits per heavy atom. The van der Waals surface area contributed by atoms with E-state index in [2.05, 4.69) is 27.3 Å². The number of pyridine rings is 1. The SMILES string of the molecule is C=C[C@@H]1C[C@]1(NC(=O)[C@@H]1C[C@@H]2CN1C(=O)[C@H](C(C)C)NC(=O)OCCCCCc1cc3c(cc(-c4csc(NC(C)C)n4)nc3cc1OC)O2)C(=O)NS(=O)(=O)C1CC1. The number of aryl methyl sites for hydroxylation is 1. The smallest absolute Gasteiger partial charge is 0.407 e. The summed E-state index contributed by atoms with van der Waals surface area (Å²) in [6, 6.07) is 3.65. The van der Waals surface area contributed by atoms with Crippen LogP contribution in [0.5, 0.6) is 11.5 Å². The Morgan fingerprint density at radius 3 is 2.56 bits per heavy atom. The lowest BCUT2D eigenvalue weighted by molar-refractivity contribution is -0.141. The van der Waals surface area contributed by atoms with Crippen molar-refractivity contribution < 1.29 is 41.8 Å². The van der Waals surface area contributed by atoms with Crippen molar-refractivity contribution in [3.05, 3.63) is 41.8 Å². The second-order valence-corrected chi connectivity index (χ2v) is 19.3. The Balaban J connectivity index is 1.27. The van der Waals surface area contributed by atoms with Crippen molar-refractivity contribution >= 4 is 61.2 Å². The molecule has 0 spiro atoms. The zero-order chi connectivity index (χ0) is 42.2. The Kier molecular flexibility index (Phi) is 12.1. The number of anilines is 1. The van der Waals surface area contributed by atoms with Crippen molar-refractivity contribution in [3.63, 3.8) is 0 Å². The maximum atomic E-state index is 14.5. The van der Waals surface area contributed by atoms with Gasteiger partial charge in [0, 0.05) is 41.3 Å². The standard InChI is InChI=1S/C41H53N7O9S2/c1-7-25-19-41(25,38(51)47-59(53,54)27-12-13-27)46-36(49)32-16-26-20-48(32)37(50)35(22(2)3)45-40(52)56-14-10-8-9-11-24-15-28-29(17-33(24)55-6)43-30(18-34(28)57-26)31-21-58-39(44-31)42-23(4)5/h7,15,17-18,21-23,25-27,32,35H,1,8-14,16,19-20H2,2-6H3,(H,42,44)(H,45,52)(H,46,49)(H,47,51)/t25-,26-,32+,35+,41-/m1/s1. The first-order valence-corrected chi connectivity index (χ1v) is 22.7. The number of aromatic nitrogens is 2. The molecule has 2 aliphatic carbocycles. The summed E-state index contributed by atoms with van der Waals surface area (Å²) in [5, 5.41) is 11.6. The Hall–Kier alpha value is -4.97. The van der Waals surface area contributed by atoms with Crippen LogP contribution in [0.25, 0.3) is 22.3 Å². The zero-order valence-electron chi connectivity index (χ0n) is 34.0. The van der Waals surface area contributed by atoms with Crippen LogP contribution in [-0.2, 0) is 35.6 Å². The minimum absolute atomic E-state index is 0.0188. The van der Waals surface area contributed by atoms with E-state index in [4.69, 9.17) is 24.2 Å². The summed E-state index contributed by atoms with van der Waals surface area (Å²) in [4.78, 5) is 66.8. The van der Waals surface area contributed by atoms with Crippen molar-refractivity contribution in [2.24, 2.45) is 11.8 Å². The van der Waals surface area contributed by atoms with Gasteiger partial charge in [-0.15, -0.1) is 17.9 Å². The molecule has 2 aliphatic heterocycles. The van der Waals surface area contributed by atoms with Crippen LogP contribution in [0.4, 0.5) is 9.93 Å². The number of thiazole rings is 1. The van der Waals surface area contributed by atoms with Gasteiger partial charge >= 0.3 is 6.09 Å². The van der Waals surface area contributed by atoms with Crippen LogP contribution in [0, 0.1) is 11.8 Å². The number of alkyl carbamates (subject to hydrolysis) is 1. The second kappa shape index (κ2) is 17.0. The van der Waals surface area contributed by atoms with E-state index in [1.54, 1.807) is 21.0 Å². The van der Waals surface area contributed by atoms with Crippen LogP contribution < -0.4 is 30.1 Å². The molecule has 5 atom stereocenters. The van der Waals surface area contributed by atoms with Crippen LogP contribution in [0.2, 0.25) is 0 Å². The summed E-state index contributed by atoms with van der Waals surface area (Å²) in [6.07, 6.45) is 3.92. The number of nitrogens with zero attached hydrogens (tertiary/aromatic N) is 3. The van der Waals surface area contributed by atoms with E-state index in [-0.39, 0.29) is 32.0 Å². The van der Waals surface area contributed by atoms with Crippen molar-refractivity contribution in [2.75, 3.05) is 25.6 Å². The van der Waals surface area contributed by atoms with Gasteiger partial charge in [0.15, 0.2) is 5.13 Å². The number of hydrogen-bond donors (Lipinski definition) is 4. The molecule has 1 aromatic carbocycles. The van der Waals surface area contributed by atoms with Crippen molar-refractivity contribution in [1.29, 1.82) is 0 Å². The molecule has 4 N–H and O–H groups in total. The minimum Gasteiger partial charge on any atom is -0.496 e. The van der Waals surface area contributed by atoms with Gasteiger partial charge in [-0.3, -0.25) is 19.1 Å². The number of methoxy groups -OCH3 is 1. The summed E-state index contributed by atoms with van der Waals surface area (Å²) >= 11 is 1.46. The number of benzene rings is 1. The van der Waals surface area contributed by atoms with Gasteiger partial charge in [-0.05, 0) is 76.3 Å². The molecule has 0 radical (unpaired) electrons. The molecular weight excluding hydrogens is 799 g/mol. The molecule has 2 saturated carbocycles. The highest BCUT2D eigenvalue weighted by molar-refractivity contribution is 7.91. The number of nitrogens with one attached hydrogen (secondary N) is 4. The first kappa shape index (κ1) is 42.2. The lowest BCUT2D eigenvalue weighted by Crippen LogP contribution is -2.59. The van der Waals surface area contributed by atoms with Crippen molar-refractivity contribution in [3.8, 4) is 22.9 Å². The first-order chi connectivity index (χ1) is 28.1. The summed E-state index contributed by atoms with van der Waals surface area (Å²) in [5.41, 5.74) is 1.16. The van der Waals surface area contributed by atoms with Gasteiger partial charge in [-0.2, -0.15) is 0 Å². The highest BCUT2D eigenvalue weighted by Crippen LogP contribution is 2.46. The van der Waals surface area contributed by atoms with E-state index in [0.717, 1.165) is 23.5 Å². The van der Waals surface area contributed by atoms with Gasteiger partial charge in [0.25, 0.3) is 5.91 Å². The number of rotatable bonds is 11. The van der Waals surface area contributed by atoms with Gasteiger partial charge < -0.3 is 35.1 Å². The Labute approximate surface area is 348 Å². The molecule has 4 aliphatic rings. The van der Waals surface area contributed by atoms with Crippen LogP contribution >= 0.6 is 11.3 Å². The molecule has 3 aromatic rings. The van der Waals surface area contributed by atoms with Gasteiger partial charge in [0.05, 0.1) is 36.7 Å². The quantitative estimate of drug-likeness (QED) is 0.194. The fourth-order valence-corrected chi connectivity index (χ4v) is 10.00. The zero-order valence-corrected chi connectivity index (χ0v) is 35.7. The number of carbonyl (C=O) groups excluding carboxylic acids is 4. The average molecular weight is 852 g/mol. The molecule has 1 saturated heterocycles. The Morgan fingerprint density at radius 2 is 1.88 bits per heavy atom. The number of hydrogen-bond acceptors (Lipinski definition) is 13. The molecule has 16 nitrogen and oxygen atoms in total. The number of fused-ring (bicyclic) bond motifs is 3. The van der Waals surface area contributed by atoms with Crippen molar-refractivity contribution in [2.45, 2.75) is 114 Å². The monoisotopic (exact) mass is 851 g/mol. The first-order valence-electron chi connectivity index (χ1n) is 20.3. The van der Waals surface area contributed by atoms with Crippen LogP contribution in [0.3, 0.4) is 0 Å². The van der Waals surface area contributed by atoms with Gasteiger partial charge in [-0.1, -0.05) is 19.9 Å². The molecule has 4 amide bonds. The average Bonchev–Trinajstić information content (AvgIpc) is 4.08. The van der Waals surface area contributed by atoms with Gasteiger partial charge in [-0.25, -0.2) is 23.2 Å². The number of sulfonamides is 1. The van der Waals surface area contributed by atoms with Crippen LogP contribution in [0.15, 0.2) is 36.2 Å². The van der Waals surface area contributed by atoms with E-state index < -0.39 is 74.7 Å². The number of carbonyl (C=O) groups is 4. The molecule has 7 rings (SSSR count). The number of amides is 4. The topological polar surface area (TPSA) is 207 Å². The highest BCUT2D eigenvalue weighted by Gasteiger charge is 2.62. The largest absolute Gasteiger partial charge is 0.496 e. The number of ether oxygens (including phenoxy) is 3. The van der Waals surface area contributed by atoms with E-state index in [1.807, 2.05) is 37.4 Å². The molecule has 318 valence electrons. The second-order valence-electron chi connectivity index (χ2n) is 16.5. The summed E-state index contributed by atoms with van der Waals surface area (Å²) in [6.45, 7) is 11.5. The molecule has 0 unspecified atom stereocenters. The third-order valence-electron chi connectivity index (χ3n) is 11.3. The predicted molar refractivity (Wildman–Crippen MR) is 223 cm³/mol. The maximum Gasteiger partial charge on any atom is 0.407 e. The molecule has 59 heavy (non-hydrogen) atoms. The molecule has 2 aromatic heterocycles. The van der Waals surface area contributed by atoms with Gasteiger partial charge in [0.1, 0.15) is 40.9 Å². The van der Waals surface area contributed by atoms with E-state index in [1.165, 1.54) is 22.3 Å². The molecule has 4 bridgehead atoms. The highest BCUT2D eigenvalue weighted by atomic mass is 32.2. The van der Waals surface area contributed by atoms with E-state index in [9.17, 15) is 27.6 Å². The molecule has 4 heterocycles. The number of cyclic esters (lactones) is 1. The third-order valence-corrected chi connectivity index (χ3v) is 13.9. The van der Waals surface area contributed by atoms with Crippen LogP contribution in [0.1, 0.15) is 78.2 Å². The van der Waals surface area contributed by atoms with E-state index in [0.29, 0.717) is 59.5 Å². The lowest BCUT2D eigenvalue weighted by atomic mass is 10.0. The summed E-state index contributed by atoms with van der Waals surface area (Å²) < 4.78 is 45.9. The van der Waals surface area contributed by atoms with Crippen LogP contribution in [-0.4, -0.2) is 102 Å². The third kappa shape index (κ3) is 9.12. The molecular formula is C41H53N7O9S2. The van der Waals surface area contributed by atoms with Gasteiger partial charge in [0.2, 0.25) is 21.8 Å². The van der Waals surface area contributed by atoms with Crippen molar-refractivity contribution in [1.82, 2.24) is 30.2 Å². The maximum absolute atomic E-state index is 14.5. The fourth-order valence-electron chi connectivity index (χ4n) is 7.78. The Bertz CT molecular complexity index is 2240. The minimum atomic E-state index is -3.92. The predicted octanol–water partition coefficient (Wildman–Crippen LogP) is 4.68. The molecule has 18 heteroatoms.